The Morgan fingerprint density at radius 1 is 1.03 bits per heavy atom. The molecule has 0 saturated carbocycles. The molecule has 3 aromatic rings. The van der Waals surface area contributed by atoms with Gasteiger partial charge in [-0.25, -0.2) is 9.97 Å². The molecule has 1 N–H and O–H groups in total. The molecular formula is C24H26N4O2. The maximum absolute atomic E-state index is 12.8. The number of nitrogens with one attached hydrogen (secondary N) is 1. The number of anilines is 2. The zero-order valence-electron chi connectivity index (χ0n) is 17.3. The van der Waals surface area contributed by atoms with E-state index in [0.717, 1.165) is 54.3 Å². The lowest BCUT2D eigenvalue weighted by Crippen LogP contribution is -2.38. The van der Waals surface area contributed by atoms with E-state index in [2.05, 4.69) is 26.3 Å². The summed E-state index contributed by atoms with van der Waals surface area (Å²) in [6.07, 6.45) is 4.83. The fraction of sp³-hybridized carbons (Fsp3) is 0.292. The highest BCUT2D eigenvalue weighted by Crippen LogP contribution is 2.31. The summed E-state index contributed by atoms with van der Waals surface area (Å²) in [7, 11) is 0. The van der Waals surface area contributed by atoms with Gasteiger partial charge in [0.2, 0.25) is 5.91 Å². The van der Waals surface area contributed by atoms with Crippen molar-refractivity contribution in [3.05, 3.63) is 72.1 Å². The zero-order valence-corrected chi connectivity index (χ0v) is 17.3. The predicted molar refractivity (Wildman–Crippen MR) is 118 cm³/mol. The second-order valence-electron chi connectivity index (χ2n) is 7.67. The van der Waals surface area contributed by atoms with Gasteiger partial charge in [-0.3, -0.25) is 4.79 Å². The van der Waals surface area contributed by atoms with Crippen LogP contribution >= 0.6 is 0 Å². The lowest BCUT2D eigenvalue weighted by Gasteiger charge is -2.32. The van der Waals surface area contributed by atoms with Crippen LogP contribution < -0.4 is 15.0 Å². The molecular weight excluding hydrogens is 376 g/mol. The van der Waals surface area contributed by atoms with Gasteiger partial charge in [-0.15, -0.1) is 0 Å². The van der Waals surface area contributed by atoms with Gasteiger partial charge in [0.1, 0.15) is 5.75 Å². The molecule has 0 unspecified atom stereocenters. The smallest absolute Gasteiger partial charge is 0.263 e. The number of hydrogen-bond donors (Lipinski definition) is 1. The van der Waals surface area contributed by atoms with Crippen molar-refractivity contribution in [3.63, 3.8) is 0 Å². The standard InChI is InChI=1S/C24H26N4O2/c1-17-8-9-18(2)21(16-17)27-23(29)19-10-14-28(15-11-19)22-24(26-13-12-25-22)30-20-6-4-3-5-7-20/h3-9,12-13,16,19H,10-11,14-15H2,1-2H3,(H,27,29). The second-order valence-corrected chi connectivity index (χ2v) is 7.67. The van der Waals surface area contributed by atoms with Crippen molar-refractivity contribution in [3.8, 4) is 11.6 Å². The number of aryl methyl sites for hydroxylation is 2. The van der Waals surface area contributed by atoms with Gasteiger partial charge in [-0.1, -0.05) is 30.3 Å². The van der Waals surface area contributed by atoms with Crippen LogP contribution in [0.1, 0.15) is 24.0 Å². The van der Waals surface area contributed by atoms with Crippen LogP contribution in [0.15, 0.2) is 60.9 Å². The number of rotatable bonds is 5. The Hall–Kier alpha value is -3.41. The van der Waals surface area contributed by atoms with E-state index in [9.17, 15) is 4.79 Å². The van der Waals surface area contributed by atoms with Gasteiger partial charge in [0.05, 0.1) is 0 Å². The first-order valence-corrected chi connectivity index (χ1v) is 10.3. The van der Waals surface area contributed by atoms with Gasteiger partial charge in [0.25, 0.3) is 5.88 Å². The molecule has 2 aromatic carbocycles. The summed E-state index contributed by atoms with van der Waals surface area (Å²) in [6, 6.07) is 15.7. The number of carbonyl (C=O) groups excluding carboxylic acids is 1. The van der Waals surface area contributed by atoms with Crippen LogP contribution in [-0.2, 0) is 4.79 Å². The van der Waals surface area contributed by atoms with Crippen molar-refractivity contribution in [1.82, 2.24) is 9.97 Å². The molecule has 1 amide bonds. The Kier molecular flexibility index (Phi) is 5.93. The molecule has 4 rings (SSSR count). The molecule has 1 saturated heterocycles. The molecule has 0 bridgehead atoms. The largest absolute Gasteiger partial charge is 0.436 e. The van der Waals surface area contributed by atoms with Crippen molar-refractivity contribution < 1.29 is 9.53 Å². The minimum Gasteiger partial charge on any atom is -0.436 e. The summed E-state index contributed by atoms with van der Waals surface area (Å²) >= 11 is 0. The van der Waals surface area contributed by atoms with Crippen molar-refractivity contribution in [1.29, 1.82) is 0 Å². The van der Waals surface area contributed by atoms with Crippen LogP contribution in [0.4, 0.5) is 11.5 Å². The molecule has 0 aliphatic carbocycles. The Labute approximate surface area is 176 Å². The van der Waals surface area contributed by atoms with Crippen LogP contribution in [0.3, 0.4) is 0 Å². The number of carbonyl (C=O) groups is 1. The maximum Gasteiger partial charge on any atom is 0.263 e. The van der Waals surface area contributed by atoms with Crippen molar-refractivity contribution in [2.45, 2.75) is 26.7 Å². The van der Waals surface area contributed by atoms with Crippen molar-refractivity contribution >= 4 is 17.4 Å². The third-order valence-corrected chi connectivity index (χ3v) is 5.42. The minimum atomic E-state index is -0.0173. The van der Waals surface area contributed by atoms with Gasteiger partial charge in [-0.2, -0.15) is 0 Å². The molecule has 1 aliphatic heterocycles. The van der Waals surface area contributed by atoms with Crippen LogP contribution in [0.25, 0.3) is 0 Å². The molecule has 1 aliphatic rings. The molecule has 6 heteroatoms. The van der Waals surface area contributed by atoms with Crippen LogP contribution in [-0.4, -0.2) is 29.0 Å². The van der Waals surface area contributed by atoms with Crippen molar-refractivity contribution in [2.24, 2.45) is 5.92 Å². The Morgan fingerprint density at radius 2 is 1.77 bits per heavy atom. The first-order chi connectivity index (χ1) is 14.6. The van der Waals surface area contributed by atoms with Crippen molar-refractivity contribution in [2.75, 3.05) is 23.3 Å². The number of nitrogens with zero attached hydrogens (tertiary/aromatic N) is 3. The van der Waals surface area contributed by atoms with E-state index in [4.69, 9.17) is 4.74 Å². The number of amides is 1. The van der Waals surface area contributed by atoms with E-state index in [1.165, 1.54) is 0 Å². The maximum atomic E-state index is 12.8. The first kappa shape index (κ1) is 19.9. The molecule has 1 fully saturated rings. The number of ether oxygens (including phenoxy) is 1. The van der Waals surface area contributed by atoms with E-state index >= 15 is 0 Å². The molecule has 0 spiro atoms. The van der Waals surface area contributed by atoms with Crippen LogP contribution in [0.5, 0.6) is 11.6 Å². The summed E-state index contributed by atoms with van der Waals surface area (Å²) in [4.78, 5) is 23.8. The summed E-state index contributed by atoms with van der Waals surface area (Å²) in [6.45, 7) is 5.51. The lowest BCUT2D eigenvalue weighted by atomic mass is 9.95. The average Bonchev–Trinajstić information content (AvgIpc) is 2.77. The summed E-state index contributed by atoms with van der Waals surface area (Å²) in [5, 5.41) is 3.11. The molecule has 30 heavy (non-hydrogen) atoms. The number of hydrogen-bond acceptors (Lipinski definition) is 5. The molecule has 2 heterocycles. The van der Waals surface area contributed by atoms with Gasteiger partial charge < -0.3 is 15.0 Å². The quantitative estimate of drug-likeness (QED) is 0.668. The second kappa shape index (κ2) is 8.95. The topological polar surface area (TPSA) is 67.4 Å². The monoisotopic (exact) mass is 402 g/mol. The summed E-state index contributed by atoms with van der Waals surface area (Å²) in [5.41, 5.74) is 3.11. The average molecular weight is 402 g/mol. The Bertz CT molecular complexity index is 1010. The molecule has 0 radical (unpaired) electrons. The fourth-order valence-electron chi connectivity index (χ4n) is 3.67. The van der Waals surface area contributed by atoms with Crippen LogP contribution in [0.2, 0.25) is 0 Å². The van der Waals surface area contributed by atoms with E-state index in [-0.39, 0.29) is 11.8 Å². The Balaban J connectivity index is 1.40. The number of piperidine rings is 1. The fourth-order valence-corrected chi connectivity index (χ4v) is 3.67. The lowest BCUT2D eigenvalue weighted by molar-refractivity contribution is -0.120. The first-order valence-electron chi connectivity index (χ1n) is 10.3. The number of aromatic nitrogens is 2. The minimum absolute atomic E-state index is 0.0173. The molecule has 0 atom stereocenters. The van der Waals surface area contributed by atoms with Gasteiger partial charge in [0, 0.05) is 37.1 Å². The highest BCUT2D eigenvalue weighted by Gasteiger charge is 2.27. The SMILES string of the molecule is Cc1ccc(C)c(NC(=O)C2CCN(c3nccnc3Oc3ccccc3)CC2)c1. The highest BCUT2D eigenvalue weighted by atomic mass is 16.5. The normalized spacial score (nSPS) is 14.4. The molecule has 154 valence electrons. The molecule has 1 aromatic heterocycles. The van der Waals surface area contributed by atoms with E-state index in [0.29, 0.717) is 5.88 Å². The molecule has 6 nitrogen and oxygen atoms in total. The number of benzene rings is 2. The van der Waals surface area contributed by atoms with E-state index < -0.39 is 0 Å². The third kappa shape index (κ3) is 4.59. The predicted octanol–water partition coefficient (Wildman–Crippen LogP) is 4.74. The Morgan fingerprint density at radius 3 is 2.53 bits per heavy atom. The van der Waals surface area contributed by atoms with Gasteiger partial charge in [0.15, 0.2) is 5.82 Å². The summed E-state index contributed by atoms with van der Waals surface area (Å²) < 4.78 is 5.95. The summed E-state index contributed by atoms with van der Waals surface area (Å²) in [5.74, 6) is 2.00. The zero-order chi connectivity index (χ0) is 20.9. The van der Waals surface area contributed by atoms with Crippen LogP contribution in [0, 0.1) is 19.8 Å². The highest BCUT2D eigenvalue weighted by molar-refractivity contribution is 5.93. The van der Waals surface area contributed by atoms with E-state index in [1.54, 1.807) is 12.4 Å². The number of para-hydroxylation sites is 1. The third-order valence-electron chi connectivity index (χ3n) is 5.42. The van der Waals surface area contributed by atoms with Gasteiger partial charge in [-0.05, 0) is 56.0 Å². The van der Waals surface area contributed by atoms with Gasteiger partial charge >= 0.3 is 0 Å². The van der Waals surface area contributed by atoms with E-state index in [1.807, 2.05) is 56.3 Å².